The number of fused-ring (bicyclic) bond motifs is 1. The van der Waals surface area contributed by atoms with Crippen LogP contribution in [0.1, 0.15) is 0 Å². The SMILES string of the molecule is O=C(Nc1ccc(-n2cnnn2)cc1)C1CSc2nccc(=O)n2C1. The minimum absolute atomic E-state index is 0.121. The molecule has 0 spiro atoms. The number of nitrogens with zero attached hydrogens (tertiary/aromatic N) is 6. The number of hydrogen-bond donors (Lipinski definition) is 1. The van der Waals surface area contributed by atoms with Crippen molar-refractivity contribution in [2.75, 3.05) is 11.1 Å². The monoisotopic (exact) mass is 355 g/mol. The molecule has 0 saturated heterocycles. The molecule has 10 heteroatoms. The largest absolute Gasteiger partial charge is 0.326 e. The van der Waals surface area contributed by atoms with E-state index in [1.807, 2.05) is 12.1 Å². The number of carbonyl (C=O) groups is 1. The summed E-state index contributed by atoms with van der Waals surface area (Å²) in [6.07, 6.45) is 2.99. The van der Waals surface area contributed by atoms with Gasteiger partial charge in [0.1, 0.15) is 6.33 Å². The second-order valence-electron chi connectivity index (χ2n) is 5.47. The van der Waals surface area contributed by atoms with Gasteiger partial charge < -0.3 is 5.32 Å². The van der Waals surface area contributed by atoms with E-state index >= 15 is 0 Å². The minimum atomic E-state index is -0.293. The van der Waals surface area contributed by atoms with E-state index in [9.17, 15) is 9.59 Å². The van der Waals surface area contributed by atoms with Gasteiger partial charge in [0.05, 0.1) is 11.6 Å². The van der Waals surface area contributed by atoms with E-state index in [0.717, 1.165) is 5.69 Å². The molecule has 1 unspecified atom stereocenters. The number of thioether (sulfide) groups is 1. The van der Waals surface area contributed by atoms with Crippen LogP contribution in [0.2, 0.25) is 0 Å². The molecule has 25 heavy (non-hydrogen) atoms. The maximum Gasteiger partial charge on any atom is 0.254 e. The van der Waals surface area contributed by atoms with Crippen molar-refractivity contribution in [1.29, 1.82) is 0 Å². The molecule has 3 heterocycles. The molecule has 9 nitrogen and oxygen atoms in total. The Balaban J connectivity index is 1.46. The van der Waals surface area contributed by atoms with Gasteiger partial charge in [-0.2, -0.15) is 0 Å². The molecule has 0 aliphatic carbocycles. The lowest BCUT2D eigenvalue weighted by atomic mass is 10.1. The Morgan fingerprint density at radius 2 is 2.08 bits per heavy atom. The topological polar surface area (TPSA) is 108 Å². The van der Waals surface area contributed by atoms with Gasteiger partial charge in [-0.1, -0.05) is 11.8 Å². The van der Waals surface area contributed by atoms with Crippen LogP contribution in [-0.2, 0) is 11.3 Å². The predicted octanol–water partition coefficient (Wildman–Crippen LogP) is 0.580. The molecular formula is C15H13N7O2S. The maximum atomic E-state index is 12.5. The molecule has 1 amide bonds. The predicted molar refractivity (Wildman–Crippen MR) is 90.5 cm³/mol. The van der Waals surface area contributed by atoms with Gasteiger partial charge >= 0.3 is 0 Å². The highest BCUT2D eigenvalue weighted by Crippen LogP contribution is 2.25. The number of anilines is 1. The molecule has 1 N–H and O–H groups in total. The van der Waals surface area contributed by atoms with Crippen LogP contribution < -0.4 is 10.9 Å². The van der Waals surface area contributed by atoms with Gasteiger partial charge in [0.2, 0.25) is 5.91 Å². The molecule has 3 aromatic rings. The zero-order valence-corrected chi connectivity index (χ0v) is 13.8. The van der Waals surface area contributed by atoms with E-state index in [1.165, 1.54) is 35.0 Å². The second-order valence-corrected chi connectivity index (χ2v) is 6.46. The minimum Gasteiger partial charge on any atom is -0.326 e. The quantitative estimate of drug-likeness (QED) is 0.685. The van der Waals surface area contributed by atoms with Crippen LogP contribution >= 0.6 is 11.8 Å². The molecule has 126 valence electrons. The average molecular weight is 355 g/mol. The van der Waals surface area contributed by atoms with Crippen molar-refractivity contribution in [3.05, 3.63) is 53.2 Å². The molecule has 2 aromatic heterocycles. The zero-order chi connectivity index (χ0) is 17.2. The number of rotatable bonds is 3. The smallest absolute Gasteiger partial charge is 0.254 e. The van der Waals surface area contributed by atoms with Crippen LogP contribution in [0.4, 0.5) is 5.69 Å². The van der Waals surface area contributed by atoms with Crippen LogP contribution in [-0.4, -0.2) is 41.4 Å². The third kappa shape index (κ3) is 3.15. The highest BCUT2D eigenvalue weighted by atomic mass is 32.2. The number of benzene rings is 1. The van der Waals surface area contributed by atoms with Crippen molar-refractivity contribution in [2.24, 2.45) is 5.92 Å². The van der Waals surface area contributed by atoms with Crippen LogP contribution in [0.5, 0.6) is 0 Å². The van der Waals surface area contributed by atoms with Crippen LogP contribution in [0, 0.1) is 5.92 Å². The van der Waals surface area contributed by atoms with E-state index < -0.39 is 0 Å². The Bertz CT molecular complexity index is 953. The van der Waals surface area contributed by atoms with Gasteiger partial charge in [-0.25, -0.2) is 9.67 Å². The summed E-state index contributed by atoms with van der Waals surface area (Å²) in [5, 5.41) is 14.5. The number of carbonyl (C=O) groups excluding carboxylic acids is 1. The molecule has 1 aliphatic heterocycles. The maximum absolute atomic E-state index is 12.5. The lowest BCUT2D eigenvalue weighted by Gasteiger charge is -2.23. The Kier molecular flexibility index (Phi) is 4.02. The number of aromatic nitrogens is 6. The Labute approximate surface area is 146 Å². The molecule has 0 radical (unpaired) electrons. The van der Waals surface area contributed by atoms with E-state index in [2.05, 4.69) is 25.8 Å². The Morgan fingerprint density at radius 3 is 2.84 bits per heavy atom. The molecule has 1 aliphatic rings. The third-order valence-electron chi connectivity index (χ3n) is 3.83. The fraction of sp³-hybridized carbons (Fsp3) is 0.200. The average Bonchev–Trinajstić information content (AvgIpc) is 3.17. The summed E-state index contributed by atoms with van der Waals surface area (Å²) in [6.45, 7) is 0.337. The third-order valence-corrected chi connectivity index (χ3v) is 4.99. The Morgan fingerprint density at radius 1 is 1.24 bits per heavy atom. The zero-order valence-electron chi connectivity index (χ0n) is 12.9. The second kappa shape index (κ2) is 6.48. The van der Waals surface area contributed by atoms with Crippen molar-refractivity contribution in [3.8, 4) is 5.69 Å². The number of tetrazole rings is 1. The van der Waals surface area contributed by atoms with E-state index in [1.54, 1.807) is 16.7 Å². The summed E-state index contributed by atoms with van der Waals surface area (Å²) in [5.74, 6) is 0.174. The van der Waals surface area contributed by atoms with Gasteiger partial charge in [0.15, 0.2) is 5.16 Å². The summed E-state index contributed by atoms with van der Waals surface area (Å²) >= 11 is 1.42. The van der Waals surface area contributed by atoms with E-state index in [4.69, 9.17) is 0 Å². The van der Waals surface area contributed by atoms with Gasteiger partial charge in [0.25, 0.3) is 5.56 Å². The molecule has 0 bridgehead atoms. The van der Waals surface area contributed by atoms with Crippen molar-refractivity contribution < 1.29 is 4.79 Å². The first-order valence-electron chi connectivity index (χ1n) is 7.53. The van der Waals surface area contributed by atoms with Crippen molar-refractivity contribution in [1.82, 2.24) is 29.8 Å². The summed E-state index contributed by atoms with van der Waals surface area (Å²) < 4.78 is 3.07. The first-order valence-corrected chi connectivity index (χ1v) is 8.52. The number of hydrogen-bond acceptors (Lipinski definition) is 7. The van der Waals surface area contributed by atoms with Crippen LogP contribution in [0.3, 0.4) is 0 Å². The van der Waals surface area contributed by atoms with Crippen molar-refractivity contribution in [2.45, 2.75) is 11.7 Å². The normalized spacial score (nSPS) is 16.2. The summed E-state index contributed by atoms with van der Waals surface area (Å²) in [7, 11) is 0. The summed E-state index contributed by atoms with van der Waals surface area (Å²) in [5.41, 5.74) is 1.33. The van der Waals surface area contributed by atoms with Crippen LogP contribution in [0.25, 0.3) is 5.69 Å². The van der Waals surface area contributed by atoms with E-state index in [0.29, 0.717) is 23.1 Å². The van der Waals surface area contributed by atoms with Crippen molar-refractivity contribution >= 4 is 23.4 Å². The van der Waals surface area contributed by atoms with Gasteiger partial charge in [0, 0.05) is 30.2 Å². The number of nitrogens with one attached hydrogen (secondary N) is 1. The summed E-state index contributed by atoms with van der Waals surface area (Å²) in [6, 6.07) is 8.60. The highest BCUT2D eigenvalue weighted by Gasteiger charge is 2.26. The lowest BCUT2D eigenvalue weighted by Crippen LogP contribution is -2.36. The lowest BCUT2D eigenvalue weighted by molar-refractivity contribution is -0.119. The Hall–Kier alpha value is -3.01. The summed E-state index contributed by atoms with van der Waals surface area (Å²) in [4.78, 5) is 28.6. The fourth-order valence-electron chi connectivity index (χ4n) is 2.53. The van der Waals surface area contributed by atoms with Crippen molar-refractivity contribution in [3.63, 3.8) is 0 Å². The van der Waals surface area contributed by atoms with Gasteiger partial charge in [-0.3, -0.25) is 14.2 Å². The molecule has 0 saturated carbocycles. The molecule has 0 fully saturated rings. The first-order chi connectivity index (χ1) is 12.2. The van der Waals surface area contributed by atoms with E-state index in [-0.39, 0.29) is 17.4 Å². The van der Waals surface area contributed by atoms with Crippen LogP contribution in [0.15, 0.2) is 52.8 Å². The molecule has 4 rings (SSSR count). The van der Waals surface area contributed by atoms with Gasteiger partial charge in [-0.15, -0.1) is 5.10 Å². The number of amides is 1. The fourth-order valence-corrected chi connectivity index (χ4v) is 3.59. The molecular weight excluding hydrogens is 342 g/mol. The van der Waals surface area contributed by atoms with Gasteiger partial charge in [-0.05, 0) is 34.7 Å². The molecule has 1 atom stereocenters. The first kappa shape index (κ1) is 15.5. The highest BCUT2D eigenvalue weighted by molar-refractivity contribution is 7.99. The molecule has 1 aromatic carbocycles. The standard InChI is InChI=1S/C15H13N7O2S/c23-13-5-6-16-15-21(13)7-10(8-25-15)14(24)18-11-1-3-12(4-2-11)22-9-17-19-20-22/h1-6,9-10H,7-8H2,(H,18,24).